The summed E-state index contributed by atoms with van der Waals surface area (Å²) in [7, 11) is 0. The average Bonchev–Trinajstić information content (AvgIpc) is 2.71. The maximum Gasteiger partial charge on any atom is 0.417 e. The highest BCUT2D eigenvalue weighted by Crippen LogP contribution is 2.44. The summed E-state index contributed by atoms with van der Waals surface area (Å²) in [5.41, 5.74) is 4.89. The van der Waals surface area contributed by atoms with Gasteiger partial charge in [0, 0.05) is 17.5 Å². The lowest BCUT2D eigenvalue weighted by Crippen LogP contribution is -2.08. The van der Waals surface area contributed by atoms with Crippen LogP contribution in [0.4, 0.5) is 19.0 Å². The number of H-pyrrole nitrogens is 1. The van der Waals surface area contributed by atoms with Gasteiger partial charge < -0.3 is 15.2 Å². The van der Waals surface area contributed by atoms with Crippen molar-refractivity contribution in [2.24, 2.45) is 0 Å². The van der Waals surface area contributed by atoms with Crippen molar-refractivity contribution in [1.82, 2.24) is 10.2 Å². The normalized spacial score (nSPS) is 14.8. The Morgan fingerprint density at radius 2 is 1.76 bits per heavy atom. The number of nitrogen functional groups attached to an aromatic ring is 1. The predicted octanol–water partition coefficient (Wildman–Crippen LogP) is 2.84. The number of alkyl halides is 3. The summed E-state index contributed by atoms with van der Waals surface area (Å²) < 4.78 is 50.6. The molecule has 0 fully saturated rings. The summed E-state index contributed by atoms with van der Waals surface area (Å²) in [4.78, 5) is 0. The minimum Gasteiger partial charge on any atom is -0.490 e. The zero-order chi connectivity index (χ0) is 15.0. The van der Waals surface area contributed by atoms with Crippen molar-refractivity contribution in [3.8, 4) is 22.6 Å². The number of benzene rings is 1. The number of hydrogen-bond acceptors (Lipinski definition) is 4. The Hall–Kier alpha value is -2.38. The Labute approximate surface area is 117 Å². The van der Waals surface area contributed by atoms with E-state index in [1.807, 2.05) is 0 Å². The van der Waals surface area contributed by atoms with E-state index in [2.05, 4.69) is 10.2 Å². The van der Waals surface area contributed by atoms with Crippen LogP contribution in [0.15, 0.2) is 18.3 Å². The van der Waals surface area contributed by atoms with Gasteiger partial charge in [0.25, 0.3) is 0 Å². The maximum atomic E-state index is 13.3. The Morgan fingerprint density at radius 1 is 1.10 bits per heavy atom. The minimum atomic E-state index is -4.54. The van der Waals surface area contributed by atoms with E-state index in [1.165, 1.54) is 12.3 Å². The van der Waals surface area contributed by atoms with Crippen LogP contribution < -0.4 is 15.2 Å². The van der Waals surface area contributed by atoms with E-state index in [0.29, 0.717) is 19.6 Å². The van der Waals surface area contributed by atoms with Gasteiger partial charge >= 0.3 is 6.18 Å². The number of ether oxygens (including phenoxy) is 2. The van der Waals surface area contributed by atoms with E-state index in [-0.39, 0.29) is 28.4 Å². The molecule has 21 heavy (non-hydrogen) atoms. The smallest absolute Gasteiger partial charge is 0.417 e. The number of hydrogen-bond donors (Lipinski definition) is 2. The molecule has 0 bridgehead atoms. The molecular weight excluding hydrogens is 287 g/mol. The first-order valence-corrected chi connectivity index (χ1v) is 6.27. The van der Waals surface area contributed by atoms with Gasteiger partial charge in [-0.3, -0.25) is 5.10 Å². The number of fused-ring (bicyclic) bond motifs is 1. The summed E-state index contributed by atoms with van der Waals surface area (Å²) in [5.74, 6) is 0.428. The third-order valence-corrected chi connectivity index (χ3v) is 3.15. The van der Waals surface area contributed by atoms with E-state index in [1.54, 1.807) is 0 Å². The van der Waals surface area contributed by atoms with Gasteiger partial charge in [-0.2, -0.15) is 18.3 Å². The summed E-state index contributed by atoms with van der Waals surface area (Å²) in [6, 6.07) is 2.24. The van der Waals surface area contributed by atoms with E-state index in [9.17, 15) is 13.2 Å². The fourth-order valence-corrected chi connectivity index (χ4v) is 2.18. The fraction of sp³-hybridized carbons (Fsp3) is 0.308. The van der Waals surface area contributed by atoms with Crippen molar-refractivity contribution in [3.63, 3.8) is 0 Å². The molecule has 112 valence electrons. The van der Waals surface area contributed by atoms with Crippen LogP contribution in [0.25, 0.3) is 11.1 Å². The van der Waals surface area contributed by atoms with Crippen LogP contribution in [-0.2, 0) is 6.18 Å². The van der Waals surface area contributed by atoms with Crippen LogP contribution in [-0.4, -0.2) is 23.4 Å². The van der Waals surface area contributed by atoms with E-state index in [0.717, 1.165) is 6.07 Å². The minimum absolute atomic E-state index is 0.0648. The number of halogens is 3. The van der Waals surface area contributed by atoms with Crippen LogP contribution in [0.2, 0.25) is 0 Å². The molecule has 2 aromatic rings. The average molecular weight is 299 g/mol. The summed E-state index contributed by atoms with van der Waals surface area (Å²) in [5, 5.41) is 6.09. The highest BCUT2D eigenvalue weighted by molar-refractivity contribution is 5.78. The van der Waals surface area contributed by atoms with E-state index < -0.39 is 11.7 Å². The van der Waals surface area contributed by atoms with Crippen molar-refractivity contribution >= 4 is 5.82 Å². The van der Waals surface area contributed by atoms with E-state index >= 15 is 0 Å². The number of aromatic amines is 1. The van der Waals surface area contributed by atoms with E-state index in [4.69, 9.17) is 15.2 Å². The second kappa shape index (κ2) is 4.87. The molecule has 1 aliphatic rings. The van der Waals surface area contributed by atoms with Gasteiger partial charge in [-0.15, -0.1) is 0 Å². The first-order valence-electron chi connectivity index (χ1n) is 6.27. The van der Waals surface area contributed by atoms with Gasteiger partial charge in [0.05, 0.1) is 25.0 Å². The molecule has 0 atom stereocenters. The number of nitrogens with two attached hydrogens (primary N) is 1. The summed E-state index contributed by atoms with van der Waals surface area (Å²) in [6.45, 7) is 0.705. The molecule has 8 heteroatoms. The van der Waals surface area contributed by atoms with Crippen molar-refractivity contribution in [2.45, 2.75) is 12.6 Å². The zero-order valence-electron chi connectivity index (χ0n) is 10.8. The first-order chi connectivity index (χ1) is 9.97. The van der Waals surface area contributed by atoms with Gasteiger partial charge in [-0.25, -0.2) is 0 Å². The molecule has 1 aromatic carbocycles. The molecule has 0 spiro atoms. The lowest BCUT2D eigenvalue weighted by Gasteiger charge is -2.16. The lowest BCUT2D eigenvalue weighted by molar-refractivity contribution is -0.137. The highest BCUT2D eigenvalue weighted by atomic mass is 19.4. The monoisotopic (exact) mass is 299 g/mol. The van der Waals surface area contributed by atoms with Crippen molar-refractivity contribution in [2.75, 3.05) is 18.9 Å². The summed E-state index contributed by atoms with van der Waals surface area (Å²) in [6.07, 6.45) is -2.67. The van der Waals surface area contributed by atoms with Gasteiger partial charge in [-0.05, 0) is 12.1 Å². The molecule has 2 heterocycles. The Bertz CT molecular complexity index is 667. The molecule has 0 aliphatic carbocycles. The lowest BCUT2D eigenvalue weighted by atomic mass is 10.00. The second-order valence-corrected chi connectivity index (χ2v) is 4.59. The Morgan fingerprint density at radius 3 is 2.33 bits per heavy atom. The van der Waals surface area contributed by atoms with Crippen LogP contribution in [0, 0.1) is 0 Å². The number of nitrogens with zero attached hydrogens (tertiary/aromatic N) is 1. The van der Waals surface area contributed by atoms with Crippen LogP contribution >= 0.6 is 0 Å². The quantitative estimate of drug-likeness (QED) is 0.849. The Balaban J connectivity index is 2.22. The molecule has 1 aromatic heterocycles. The third-order valence-electron chi connectivity index (χ3n) is 3.15. The molecule has 0 amide bonds. The molecule has 0 saturated carbocycles. The fourth-order valence-electron chi connectivity index (χ4n) is 2.18. The van der Waals surface area contributed by atoms with Crippen LogP contribution in [0.5, 0.6) is 11.5 Å². The molecule has 0 saturated heterocycles. The molecule has 5 nitrogen and oxygen atoms in total. The second-order valence-electron chi connectivity index (χ2n) is 4.59. The van der Waals surface area contributed by atoms with Crippen molar-refractivity contribution < 1.29 is 22.6 Å². The first kappa shape index (κ1) is 13.6. The molecular formula is C13H12F3N3O2. The molecule has 1 aliphatic heterocycles. The van der Waals surface area contributed by atoms with Gasteiger partial charge in [0.1, 0.15) is 5.82 Å². The molecule has 0 unspecified atom stereocenters. The van der Waals surface area contributed by atoms with Gasteiger partial charge in [-0.1, -0.05) is 0 Å². The van der Waals surface area contributed by atoms with Crippen molar-refractivity contribution in [1.29, 1.82) is 0 Å². The van der Waals surface area contributed by atoms with Crippen molar-refractivity contribution in [3.05, 3.63) is 23.9 Å². The predicted molar refractivity (Wildman–Crippen MR) is 69.0 cm³/mol. The number of nitrogens with one attached hydrogen (secondary N) is 1. The Kier molecular flexibility index (Phi) is 3.15. The SMILES string of the molecule is Nc1[nH]ncc1-c1cc2c(cc1C(F)(F)F)OCCCO2. The standard InChI is InChI=1S/C13H12F3N3O2/c14-13(15,16)9-5-11-10(20-2-1-3-21-11)4-7(9)8-6-18-19-12(8)17/h4-6H,1-3H2,(H3,17,18,19). The van der Waals surface area contributed by atoms with Crippen LogP contribution in [0.3, 0.4) is 0 Å². The summed E-state index contributed by atoms with van der Waals surface area (Å²) >= 11 is 0. The third kappa shape index (κ3) is 2.48. The number of rotatable bonds is 1. The molecule has 0 radical (unpaired) electrons. The van der Waals surface area contributed by atoms with Gasteiger partial charge in [0.2, 0.25) is 0 Å². The van der Waals surface area contributed by atoms with Gasteiger partial charge in [0.15, 0.2) is 11.5 Å². The maximum absolute atomic E-state index is 13.3. The number of aromatic nitrogens is 2. The molecule has 3 rings (SSSR count). The zero-order valence-corrected chi connectivity index (χ0v) is 10.8. The number of anilines is 1. The highest BCUT2D eigenvalue weighted by Gasteiger charge is 2.36. The largest absolute Gasteiger partial charge is 0.490 e. The van der Waals surface area contributed by atoms with Crippen LogP contribution in [0.1, 0.15) is 12.0 Å². The molecule has 3 N–H and O–H groups in total. The topological polar surface area (TPSA) is 73.2 Å².